The molecule has 0 saturated carbocycles. The fourth-order valence-corrected chi connectivity index (χ4v) is 1.92. The highest BCUT2D eigenvalue weighted by Crippen LogP contribution is 2.20. The van der Waals surface area contributed by atoms with Gasteiger partial charge >= 0.3 is 5.97 Å². The number of carbonyl (C=O) groups is 2. The first kappa shape index (κ1) is 12.4. The number of β-amino-alcohol motifs (C(OH)–C–C–N with tert-alkyl or cyclic N) is 1. The predicted molar refractivity (Wildman–Crippen MR) is 57.3 cm³/mol. The summed E-state index contributed by atoms with van der Waals surface area (Å²) in [7, 11) is 0. The molecule has 0 radical (unpaired) electrons. The zero-order valence-electron chi connectivity index (χ0n) is 9.28. The molecule has 1 amide bonds. The van der Waals surface area contributed by atoms with Crippen LogP contribution in [0.4, 0.5) is 4.39 Å². The molecule has 1 fully saturated rings. The van der Waals surface area contributed by atoms with Crippen LogP contribution in [-0.2, 0) is 4.79 Å². The van der Waals surface area contributed by atoms with Gasteiger partial charge in [-0.25, -0.2) is 14.2 Å². The number of amides is 1. The summed E-state index contributed by atoms with van der Waals surface area (Å²) in [4.78, 5) is 27.6. The van der Waals surface area contributed by atoms with Crippen LogP contribution in [-0.4, -0.2) is 50.7 Å². The molecule has 1 aliphatic rings. The first-order valence-electron chi connectivity index (χ1n) is 5.32. The average Bonchev–Trinajstić information content (AvgIpc) is 2.71. The van der Waals surface area contributed by atoms with Crippen molar-refractivity contribution in [2.75, 3.05) is 6.54 Å². The summed E-state index contributed by atoms with van der Waals surface area (Å²) in [6.07, 6.45) is 0.00751. The van der Waals surface area contributed by atoms with Crippen molar-refractivity contribution in [1.29, 1.82) is 0 Å². The molecular weight excluding hydrogens is 243 g/mol. The maximum atomic E-state index is 12.7. The van der Waals surface area contributed by atoms with Crippen molar-refractivity contribution < 1.29 is 24.2 Å². The fraction of sp³-hybridized carbons (Fsp3) is 0.364. The molecule has 0 spiro atoms. The highest BCUT2D eigenvalue weighted by atomic mass is 19.1. The van der Waals surface area contributed by atoms with Crippen LogP contribution in [0.1, 0.15) is 16.9 Å². The topological polar surface area (TPSA) is 90.7 Å². The Balaban J connectivity index is 2.22. The van der Waals surface area contributed by atoms with Gasteiger partial charge in [0, 0.05) is 13.0 Å². The Morgan fingerprint density at radius 1 is 1.44 bits per heavy atom. The normalized spacial score (nSPS) is 23.1. The minimum atomic E-state index is -1.18. The average molecular weight is 254 g/mol. The molecular formula is C11H11FN2O4. The Hall–Kier alpha value is -2.02. The number of carboxylic acid groups (broad SMARTS) is 1. The van der Waals surface area contributed by atoms with Crippen molar-refractivity contribution in [2.45, 2.75) is 18.6 Å². The van der Waals surface area contributed by atoms with E-state index < -0.39 is 29.8 Å². The van der Waals surface area contributed by atoms with E-state index >= 15 is 0 Å². The number of pyridine rings is 1. The summed E-state index contributed by atoms with van der Waals surface area (Å²) in [5.41, 5.74) is -0.0447. The van der Waals surface area contributed by atoms with Crippen LogP contribution >= 0.6 is 0 Å². The summed E-state index contributed by atoms with van der Waals surface area (Å²) in [6, 6.07) is 1.18. The lowest BCUT2D eigenvalue weighted by Crippen LogP contribution is -2.40. The van der Waals surface area contributed by atoms with Gasteiger partial charge in [0.15, 0.2) is 0 Å². The molecule has 2 heterocycles. The van der Waals surface area contributed by atoms with Gasteiger partial charge in [-0.1, -0.05) is 0 Å². The molecule has 2 rings (SSSR count). The summed E-state index contributed by atoms with van der Waals surface area (Å²) in [6.45, 7) is -0.0607. The van der Waals surface area contributed by atoms with Gasteiger partial charge in [-0.05, 0) is 12.1 Å². The second-order valence-corrected chi connectivity index (χ2v) is 4.06. The summed E-state index contributed by atoms with van der Waals surface area (Å²) < 4.78 is 12.7. The minimum absolute atomic E-state index is 0.0116. The molecule has 0 bridgehead atoms. The van der Waals surface area contributed by atoms with E-state index in [-0.39, 0.29) is 18.7 Å². The predicted octanol–water partition coefficient (Wildman–Crippen LogP) is -0.119. The zero-order chi connectivity index (χ0) is 13.3. The van der Waals surface area contributed by atoms with Crippen molar-refractivity contribution in [2.24, 2.45) is 0 Å². The number of rotatable bonds is 2. The maximum absolute atomic E-state index is 12.7. The number of aliphatic carboxylic acids is 1. The number of likely N-dealkylation sites (tertiary alicyclic amines) is 1. The third kappa shape index (κ3) is 2.30. The monoisotopic (exact) mass is 254 g/mol. The van der Waals surface area contributed by atoms with E-state index in [2.05, 4.69) is 4.98 Å². The van der Waals surface area contributed by atoms with E-state index in [0.717, 1.165) is 17.2 Å². The number of hydrogen-bond donors (Lipinski definition) is 2. The SMILES string of the molecule is O=C(O)C1CC(O)CN1C(=O)c1ccc(F)cn1. The van der Waals surface area contributed by atoms with Gasteiger partial charge in [0.2, 0.25) is 0 Å². The van der Waals surface area contributed by atoms with Gasteiger partial charge in [-0.3, -0.25) is 4.79 Å². The van der Waals surface area contributed by atoms with E-state index in [4.69, 9.17) is 5.11 Å². The van der Waals surface area contributed by atoms with Gasteiger partial charge in [0.1, 0.15) is 17.6 Å². The van der Waals surface area contributed by atoms with Crippen LogP contribution in [0, 0.1) is 5.82 Å². The lowest BCUT2D eigenvalue weighted by Gasteiger charge is -2.20. The first-order valence-corrected chi connectivity index (χ1v) is 5.32. The molecule has 2 atom stereocenters. The smallest absolute Gasteiger partial charge is 0.326 e. The number of aromatic nitrogens is 1. The summed E-state index contributed by atoms with van der Waals surface area (Å²) >= 11 is 0. The minimum Gasteiger partial charge on any atom is -0.480 e. The van der Waals surface area contributed by atoms with Crippen molar-refractivity contribution >= 4 is 11.9 Å². The Labute approximate surface area is 102 Å². The van der Waals surface area contributed by atoms with Crippen LogP contribution < -0.4 is 0 Å². The maximum Gasteiger partial charge on any atom is 0.326 e. The highest BCUT2D eigenvalue weighted by Gasteiger charge is 2.39. The highest BCUT2D eigenvalue weighted by molar-refractivity contribution is 5.95. The molecule has 0 aliphatic carbocycles. The second-order valence-electron chi connectivity index (χ2n) is 4.06. The summed E-state index contributed by atoms with van der Waals surface area (Å²) in [5.74, 6) is -2.39. The molecule has 7 heteroatoms. The number of hydrogen-bond acceptors (Lipinski definition) is 4. The molecule has 96 valence electrons. The first-order chi connectivity index (χ1) is 8.49. The van der Waals surface area contributed by atoms with E-state index in [1.54, 1.807) is 0 Å². The number of aliphatic hydroxyl groups excluding tert-OH is 1. The molecule has 1 aliphatic heterocycles. The van der Waals surface area contributed by atoms with Gasteiger partial charge in [-0.15, -0.1) is 0 Å². The molecule has 2 N–H and O–H groups in total. The van der Waals surface area contributed by atoms with Crippen LogP contribution in [0.2, 0.25) is 0 Å². The summed E-state index contributed by atoms with van der Waals surface area (Å²) in [5, 5.41) is 18.4. The fourth-order valence-electron chi connectivity index (χ4n) is 1.92. The third-order valence-corrected chi connectivity index (χ3v) is 2.77. The molecule has 6 nitrogen and oxygen atoms in total. The van der Waals surface area contributed by atoms with E-state index in [1.807, 2.05) is 0 Å². The van der Waals surface area contributed by atoms with Crippen molar-refractivity contribution in [3.8, 4) is 0 Å². The molecule has 1 aromatic heterocycles. The molecule has 0 aromatic carbocycles. The Kier molecular flexibility index (Phi) is 3.24. The van der Waals surface area contributed by atoms with Crippen LogP contribution in [0.25, 0.3) is 0 Å². The van der Waals surface area contributed by atoms with Crippen LogP contribution in [0.3, 0.4) is 0 Å². The van der Waals surface area contributed by atoms with E-state index in [1.165, 1.54) is 6.07 Å². The lowest BCUT2D eigenvalue weighted by atomic mass is 10.2. The van der Waals surface area contributed by atoms with E-state index in [0.29, 0.717) is 0 Å². The Morgan fingerprint density at radius 3 is 2.72 bits per heavy atom. The van der Waals surface area contributed by atoms with Gasteiger partial charge < -0.3 is 15.1 Å². The number of halogens is 1. The van der Waals surface area contributed by atoms with Crippen molar-refractivity contribution in [3.63, 3.8) is 0 Å². The molecule has 18 heavy (non-hydrogen) atoms. The van der Waals surface area contributed by atoms with Gasteiger partial charge in [0.05, 0.1) is 12.3 Å². The van der Waals surface area contributed by atoms with Crippen molar-refractivity contribution in [3.05, 3.63) is 29.8 Å². The number of aliphatic hydroxyl groups is 1. The van der Waals surface area contributed by atoms with Crippen molar-refractivity contribution in [1.82, 2.24) is 9.88 Å². The quantitative estimate of drug-likeness (QED) is 0.767. The third-order valence-electron chi connectivity index (χ3n) is 2.77. The molecule has 2 unspecified atom stereocenters. The zero-order valence-corrected chi connectivity index (χ0v) is 9.28. The number of nitrogens with zero attached hydrogens (tertiary/aromatic N) is 2. The van der Waals surface area contributed by atoms with Crippen LogP contribution in [0.15, 0.2) is 18.3 Å². The van der Waals surface area contributed by atoms with Gasteiger partial charge in [0.25, 0.3) is 5.91 Å². The van der Waals surface area contributed by atoms with Crippen LogP contribution in [0.5, 0.6) is 0 Å². The second kappa shape index (κ2) is 4.69. The number of carbonyl (C=O) groups excluding carboxylic acids is 1. The largest absolute Gasteiger partial charge is 0.480 e. The Morgan fingerprint density at radius 2 is 2.17 bits per heavy atom. The van der Waals surface area contributed by atoms with E-state index in [9.17, 15) is 19.1 Å². The Bertz CT molecular complexity index is 476. The number of carboxylic acids is 1. The molecule has 1 saturated heterocycles. The molecule has 1 aromatic rings. The van der Waals surface area contributed by atoms with Gasteiger partial charge in [-0.2, -0.15) is 0 Å². The standard InChI is InChI=1S/C11H11FN2O4/c12-6-1-2-8(13-4-6)10(16)14-5-7(15)3-9(14)11(17)18/h1-2,4,7,9,15H,3,5H2,(H,17,18). The lowest BCUT2D eigenvalue weighted by molar-refractivity contribution is -0.141.